The Labute approximate surface area is 128 Å². The largest absolute Gasteiger partial charge is 0.317 e. The number of piperidine rings is 1. The van der Waals surface area contributed by atoms with Crippen LogP contribution >= 0.6 is 0 Å². The summed E-state index contributed by atoms with van der Waals surface area (Å²) in [7, 11) is 2.06. The third-order valence-electron chi connectivity index (χ3n) is 5.42. The molecule has 3 rings (SSSR count). The van der Waals surface area contributed by atoms with Crippen molar-refractivity contribution in [2.45, 2.75) is 58.5 Å². The van der Waals surface area contributed by atoms with E-state index in [0.29, 0.717) is 6.04 Å². The van der Waals surface area contributed by atoms with Crippen LogP contribution in [0.3, 0.4) is 0 Å². The average molecular weight is 290 g/mol. The summed E-state index contributed by atoms with van der Waals surface area (Å²) >= 11 is 0. The summed E-state index contributed by atoms with van der Waals surface area (Å²) in [5.74, 6) is 0.867. The van der Waals surface area contributed by atoms with E-state index in [-0.39, 0.29) is 0 Å². The lowest BCUT2D eigenvalue weighted by molar-refractivity contribution is 0.151. The Bertz CT molecular complexity index is 483. The average Bonchev–Trinajstić information content (AvgIpc) is 3.26. The van der Waals surface area contributed by atoms with E-state index in [2.05, 4.69) is 43.1 Å². The van der Waals surface area contributed by atoms with E-state index in [0.717, 1.165) is 12.0 Å². The molecular weight excluding hydrogens is 260 g/mol. The van der Waals surface area contributed by atoms with Crippen molar-refractivity contribution < 1.29 is 0 Å². The summed E-state index contributed by atoms with van der Waals surface area (Å²) in [6.45, 7) is 10.4. The normalized spacial score (nSPS) is 22.0. The van der Waals surface area contributed by atoms with Crippen molar-refractivity contribution in [1.82, 2.24) is 20.0 Å². The predicted octanol–water partition coefficient (Wildman–Crippen LogP) is 2.56. The molecule has 1 aromatic rings. The lowest BCUT2D eigenvalue weighted by Gasteiger charge is -2.34. The van der Waals surface area contributed by atoms with Gasteiger partial charge in [0.2, 0.25) is 0 Å². The van der Waals surface area contributed by atoms with E-state index < -0.39 is 0 Å². The van der Waals surface area contributed by atoms with Gasteiger partial charge in [0.1, 0.15) is 0 Å². The van der Waals surface area contributed by atoms with Crippen molar-refractivity contribution >= 4 is 0 Å². The number of nitrogens with zero attached hydrogens (tertiary/aromatic N) is 3. The van der Waals surface area contributed by atoms with Crippen molar-refractivity contribution in [3.63, 3.8) is 0 Å². The SMILES string of the molecule is Cc1nn(C)c(C)c1C(C)N(CC1CCNCC1)C1CC1. The van der Waals surface area contributed by atoms with Crippen LogP contribution in [0.25, 0.3) is 0 Å². The van der Waals surface area contributed by atoms with Gasteiger partial charge in [-0.3, -0.25) is 9.58 Å². The smallest absolute Gasteiger partial charge is 0.0644 e. The van der Waals surface area contributed by atoms with Gasteiger partial charge in [0.05, 0.1) is 5.69 Å². The molecule has 1 saturated heterocycles. The molecular formula is C17H30N4. The van der Waals surface area contributed by atoms with Crippen LogP contribution in [0.15, 0.2) is 0 Å². The van der Waals surface area contributed by atoms with Gasteiger partial charge in [-0.1, -0.05) is 0 Å². The highest BCUT2D eigenvalue weighted by atomic mass is 15.3. The van der Waals surface area contributed by atoms with Gasteiger partial charge >= 0.3 is 0 Å². The molecule has 2 heterocycles. The Kier molecular flexibility index (Phi) is 4.36. The van der Waals surface area contributed by atoms with Gasteiger partial charge < -0.3 is 5.32 Å². The molecule has 0 amide bonds. The monoisotopic (exact) mass is 290 g/mol. The highest BCUT2D eigenvalue weighted by Gasteiger charge is 2.35. The molecule has 2 fully saturated rings. The van der Waals surface area contributed by atoms with Gasteiger partial charge in [-0.05, 0) is 65.5 Å². The van der Waals surface area contributed by atoms with Crippen molar-refractivity contribution in [2.75, 3.05) is 19.6 Å². The standard InChI is InChI=1S/C17H30N4/c1-12-17(13(2)20(4)19-12)14(3)21(16-5-6-16)11-15-7-9-18-10-8-15/h14-16,18H,5-11H2,1-4H3. The van der Waals surface area contributed by atoms with E-state index in [1.165, 1.54) is 62.3 Å². The molecule has 1 N–H and O–H groups in total. The van der Waals surface area contributed by atoms with Gasteiger partial charge in [0.25, 0.3) is 0 Å². The van der Waals surface area contributed by atoms with Crippen LogP contribution in [0.1, 0.15) is 55.6 Å². The second-order valence-corrected chi connectivity index (χ2v) is 7.01. The minimum atomic E-state index is 0.501. The topological polar surface area (TPSA) is 33.1 Å². The Balaban J connectivity index is 1.76. The lowest BCUT2D eigenvalue weighted by Crippen LogP contribution is -2.38. The number of rotatable bonds is 5. The van der Waals surface area contributed by atoms with Gasteiger partial charge in [0, 0.05) is 36.9 Å². The van der Waals surface area contributed by atoms with Crippen LogP contribution in [-0.2, 0) is 7.05 Å². The molecule has 4 nitrogen and oxygen atoms in total. The van der Waals surface area contributed by atoms with E-state index in [1.54, 1.807) is 0 Å². The molecule has 21 heavy (non-hydrogen) atoms. The fourth-order valence-electron chi connectivity index (χ4n) is 3.95. The second-order valence-electron chi connectivity index (χ2n) is 7.01. The molecule has 118 valence electrons. The van der Waals surface area contributed by atoms with Gasteiger partial charge in [-0.2, -0.15) is 5.10 Å². The number of aryl methyl sites for hydroxylation is 2. The number of hydrogen-bond donors (Lipinski definition) is 1. The first-order chi connectivity index (χ1) is 10.1. The van der Waals surface area contributed by atoms with Crippen LogP contribution in [0.5, 0.6) is 0 Å². The van der Waals surface area contributed by atoms with Crippen molar-refractivity contribution in [1.29, 1.82) is 0 Å². The maximum Gasteiger partial charge on any atom is 0.0644 e. The summed E-state index contributed by atoms with van der Waals surface area (Å²) in [4.78, 5) is 2.77. The minimum absolute atomic E-state index is 0.501. The maximum atomic E-state index is 4.62. The molecule has 0 bridgehead atoms. The second kappa shape index (κ2) is 6.09. The molecule has 0 radical (unpaired) electrons. The van der Waals surface area contributed by atoms with Crippen LogP contribution in [-0.4, -0.2) is 40.4 Å². The summed E-state index contributed by atoms with van der Waals surface area (Å²) in [5.41, 5.74) is 3.99. The number of hydrogen-bond acceptors (Lipinski definition) is 3. The van der Waals surface area contributed by atoms with Crippen LogP contribution in [0, 0.1) is 19.8 Å². The van der Waals surface area contributed by atoms with Crippen molar-refractivity contribution in [2.24, 2.45) is 13.0 Å². The first kappa shape index (κ1) is 15.0. The molecule has 1 atom stereocenters. The summed E-state index contributed by atoms with van der Waals surface area (Å²) in [6, 6.07) is 1.31. The predicted molar refractivity (Wildman–Crippen MR) is 86.4 cm³/mol. The van der Waals surface area contributed by atoms with Crippen LogP contribution < -0.4 is 5.32 Å². The lowest BCUT2D eigenvalue weighted by atomic mass is 9.95. The molecule has 2 aliphatic rings. The third-order valence-corrected chi connectivity index (χ3v) is 5.42. The number of nitrogens with one attached hydrogen (secondary N) is 1. The van der Waals surface area contributed by atoms with Crippen molar-refractivity contribution in [3.05, 3.63) is 17.0 Å². The van der Waals surface area contributed by atoms with E-state index in [4.69, 9.17) is 0 Å². The maximum absolute atomic E-state index is 4.62. The first-order valence-corrected chi connectivity index (χ1v) is 8.54. The zero-order valence-electron chi connectivity index (χ0n) is 14.0. The van der Waals surface area contributed by atoms with E-state index >= 15 is 0 Å². The van der Waals surface area contributed by atoms with Gasteiger partial charge in [-0.15, -0.1) is 0 Å². The molecule has 1 aliphatic carbocycles. The molecule has 1 aliphatic heterocycles. The van der Waals surface area contributed by atoms with Gasteiger partial charge in [0.15, 0.2) is 0 Å². The molecule has 1 aromatic heterocycles. The Morgan fingerprint density at radius 3 is 2.43 bits per heavy atom. The molecule has 0 aromatic carbocycles. The molecule has 1 unspecified atom stereocenters. The van der Waals surface area contributed by atoms with Crippen LogP contribution in [0.4, 0.5) is 0 Å². The highest BCUT2D eigenvalue weighted by molar-refractivity contribution is 5.28. The summed E-state index contributed by atoms with van der Waals surface area (Å²) < 4.78 is 2.04. The summed E-state index contributed by atoms with van der Waals surface area (Å²) in [6.07, 6.45) is 5.43. The zero-order valence-corrected chi connectivity index (χ0v) is 14.0. The van der Waals surface area contributed by atoms with E-state index in [1.807, 2.05) is 4.68 Å². The Hall–Kier alpha value is -0.870. The van der Waals surface area contributed by atoms with Crippen LogP contribution in [0.2, 0.25) is 0 Å². The van der Waals surface area contributed by atoms with Crippen molar-refractivity contribution in [3.8, 4) is 0 Å². The molecule has 0 spiro atoms. The quantitative estimate of drug-likeness (QED) is 0.905. The first-order valence-electron chi connectivity index (χ1n) is 8.54. The number of aromatic nitrogens is 2. The fraction of sp³-hybridized carbons (Fsp3) is 0.824. The molecule has 1 saturated carbocycles. The fourth-order valence-corrected chi connectivity index (χ4v) is 3.95. The zero-order chi connectivity index (χ0) is 15.0. The Morgan fingerprint density at radius 1 is 1.24 bits per heavy atom. The molecule has 4 heteroatoms. The third kappa shape index (κ3) is 3.16. The van der Waals surface area contributed by atoms with Gasteiger partial charge in [-0.25, -0.2) is 0 Å². The van der Waals surface area contributed by atoms with E-state index in [9.17, 15) is 0 Å². The summed E-state index contributed by atoms with van der Waals surface area (Å²) in [5, 5.41) is 8.10. The minimum Gasteiger partial charge on any atom is -0.317 e. The Morgan fingerprint density at radius 2 is 1.90 bits per heavy atom. The highest BCUT2D eigenvalue weighted by Crippen LogP contribution is 2.37.